The van der Waals surface area contributed by atoms with Crippen LogP contribution in [0.25, 0.3) is 11.1 Å². The molecule has 1 aliphatic rings. The Bertz CT molecular complexity index is 2490. The zero-order valence-electron chi connectivity index (χ0n) is 32.5. The molecule has 0 spiro atoms. The van der Waals surface area contributed by atoms with E-state index in [4.69, 9.17) is 11.6 Å². The van der Waals surface area contributed by atoms with E-state index in [0.29, 0.717) is 17.2 Å². The highest BCUT2D eigenvalue weighted by atomic mass is 35.5. The van der Waals surface area contributed by atoms with Crippen molar-refractivity contribution < 1.29 is 18.1 Å². The van der Waals surface area contributed by atoms with Crippen LogP contribution < -0.4 is 14.9 Å². The Morgan fingerprint density at radius 2 is 1.50 bits per heavy atom. The summed E-state index contributed by atoms with van der Waals surface area (Å²) in [6.07, 6.45) is 4.14. The Morgan fingerprint density at radius 1 is 0.817 bits per heavy atom. The fourth-order valence-corrected chi connectivity index (χ4v) is 9.94. The lowest BCUT2D eigenvalue weighted by molar-refractivity contribution is -0.384. The molecule has 1 saturated heterocycles. The molecule has 60 heavy (non-hydrogen) atoms. The molecule has 0 saturated carbocycles. The number of hydrogen-bond donors (Lipinski definition) is 2. The summed E-state index contributed by atoms with van der Waals surface area (Å²) in [4.78, 5) is 35.4. The summed E-state index contributed by atoms with van der Waals surface area (Å²) in [5.74, 6) is 0.521. The van der Waals surface area contributed by atoms with E-state index >= 15 is 0 Å². The highest BCUT2D eigenvalue weighted by molar-refractivity contribution is 7.99. The van der Waals surface area contributed by atoms with E-state index in [9.17, 15) is 23.3 Å². The Morgan fingerprint density at radius 3 is 2.22 bits per heavy atom. The maximum atomic E-state index is 13.4. The molecule has 1 aliphatic heterocycles. The van der Waals surface area contributed by atoms with Crippen molar-refractivity contribution in [3.8, 4) is 11.1 Å². The van der Waals surface area contributed by atoms with Crippen LogP contribution >= 0.6 is 35.1 Å². The molecule has 5 aromatic carbocycles. The highest BCUT2D eigenvalue weighted by Gasteiger charge is 2.26. The van der Waals surface area contributed by atoms with Gasteiger partial charge in [-0.3, -0.25) is 24.8 Å². The largest absolute Gasteiger partial charge is 0.376 e. The monoisotopic (exact) mass is 878 g/mol. The van der Waals surface area contributed by atoms with Gasteiger partial charge in [-0.1, -0.05) is 66.2 Å². The Labute approximate surface area is 363 Å². The molecule has 15 heteroatoms. The first-order valence-electron chi connectivity index (χ1n) is 19.4. The minimum absolute atomic E-state index is 0.149. The van der Waals surface area contributed by atoms with Crippen LogP contribution in [-0.4, -0.2) is 72.9 Å². The first-order chi connectivity index (χ1) is 29.1. The van der Waals surface area contributed by atoms with Gasteiger partial charge >= 0.3 is 0 Å². The van der Waals surface area contributed by atoms with E-state index in [2.05, 4.69) is 43.0 Å². The summed E-state index contributed by atoms with van der Waals surface area (Å²) in [6.45, 7) is 4.06. The second-order valence-electron chi connectivity index (χ2n) is 14.1. The molecule has 0 unspecified atom stereocenters. The van der Waals surface area contributed by atoms with Gasteiger partial charge in [-0.15, -0.1) is 23.5 Å². The number of aromatic nitrogens is 1. The lowest BCUT2D eigenvalue weighted by Gasteiger charge is -2.36. The number of thioether (sulfide) groups is 2. The van der Waals surface area contributed by atoms with Crippen molar-refractivity contribution in [2.75, 3.05) is 47.9 Å². The third-order valence-corrected chi connectivity index (χ3v) is 13.9. The minimum atomic E-state index is -4.45. The fourth-order valence-electron chi connectivity index (χ4n) is 6.87. The quantitative estimate of drug-likeness (QED) is 0.0515. The molecule has 6 aromatic rings. The molecule has 0 bridgehead atoms. The average molecular weight is 880 g/mol. The number of rotatable bonds is 17. The van der Waals surface area contributed by atoms with Gasteiger partial charge in [-0.2, -0.15) is 0 Å². The Hall–Kier alpha value is -5.38. The summed E-state index contributed by atoms with van der Waals surface area (Å²) in [5, 5.41) is 16.3. The standard InChI is InChI=1S/C45H43ClN6O5S3/c46-36-14-10-33(11-15-36)42-9-5-4-6-35(42)31-50-25-27-51(28-26-50)38-16-12-34(13-17-38)45(53)49-60(56,57)41-18-19-43(44(30-41)52(54)55)48-37(32-59-39-7-2-1-3-8-39)22-29-58-40-20-23-47-24-21-40/h1-21,23-24,30,37,48H,22,25-29,31-32H2,(H,49,53)/t37-/m1/s1. The van der Waals surface area contributed by atoms with E-state index in [0.717, 1.165) is 65.6 Å². The second kappa shape index (κ2) is 20.3. The molecule has 1 aromatic heterocycles. The molecule has 7 rings (SSSR count). The van der Waals surface area contributed by atoms with Gasteiger partial charge in [0.1, 0.15) is 5.69 Å². The number of nitrogens with zero attached hydrogens (tertiary/aromatic N) is 4. The molecular formula is C45H43ClN6O5S3. The van der Waals surface area contributed by atoms with Gasteiger partial charge in [0.05, 0.1) is 9.82 Å². The third-order valence-electron chi connectivity index (χ3n) is 10.1. The topological polar surface area (TPSA) is 138 Å². The maximum Gasteiger partial charge on any atom is 0.293 e. The van der Waals surface area contributed by atoms with Crippen LogP contribution in [0.2, 0.25) is 5.02 Å². The van der Waals surface area contributed by atoms with Gasteiger partial charge in [-0.05, 0) is 102 Å². The summed E-state index contributed by atoms with van der Waals surface area (Å²) in [6, 6.07) is 40.3. The van der Waals surface area contributed by atoms with Crippen molar-refractivity contribution in [1.29, 1.82) is 0 Å². The van der Waals surface area contributed by atoms with Gasteiger partial charge in [0.15, 0.2) is 0 Å². The maximum absolute atomic E-state index is 13.4. The summed E-state index contributed by atoms with van der Waals surface area (Å²) < 4.78 is 29.0. The van der Waals surface area contributed by atoms with Gasteiger partial charge in [0, 0.05) is 89.0 Å². The zero-order valence-corrected chi connectivity index (χ0v) is 35.7. The second-order valence-corrected chi connectivity index (χ2v) is 18.5. The van der Waals surface area contributed by atoms with Crippen molar-refractivity contribution in [2.24, 2.45) is 0 Å². The summed E-state index contributed by atoms with van der Waals surface area (Å²) >= 11 is 9.41. The lowest BCUT2D eigenvalue weighted by atomic mass is 9.99. The summed E-state index contributed by atoms with van der Waals surface area (Å²) in [5.41, 5.74) is 4.40. The minimum Gasteiger partial charge on any atom is -0.376 e. The van der Waals surface area contributed by atoms with E-state index in [-0.39, 0.29) is 22.2 Å². The number of sulfonamides is 1. The number of hydrogen-bond acceptors (Lipinski definition) is 11. The van der Waals surface area contributed by atoms with Crippen LogP contribution in [0.15, 0.2) is 161 Å². The number of halogens is 1. The number of nitro benzene ring substituents is 1. The van der Waals surface area contributed by atoms with Crippen LogP contribution in [0.1, 0.15) is 22.3 Å². The van der Waals surface area contributed by atoms with Gasteiger partial charge in [-0.25, -0.2) is 13.1 Å². The average Bonchev–Trinajstić information content (AvgIpc) is 3.27. The number of nitro groups is 1. The molecule has 11 nitrogen and oxygen atoms in total. The van der Waals surface area contributed by atoms with Crippen molar-refractivity contribution in [3.05, 3.63) is 172 Å². The number of benzene rings is 5. The lowest BCUT2D eigenvalue weighted by Crippen LogP contribution is -2.46. The number of nitrogens with one attached hydrogen (secondary N) is 2. The van der Waals surface area contributed by atoms with E-state index in [1.54, 1.807) is 60.2 Å². The summed E-state index contributed by atoms with van der Waals surface area (Å²) in [7, 11) is -4.45. The van der Waals surface area contributed by atoms with Crippen molar-refractivity contribution >= 4 is 68.1 Å². The number of piperazine rings is 1. The Balaban J connectivity index is 0.959. The molecule has 1 atom stereocenters. The third kappa shape index (κ3) is 11.5. The number of anilines is 2. The molecule has 2 heterocycles. The molecule has 1 fully saturated rings. The van der Waals surface area contributed by atoms with Gasteiger partial charge in [0.25, 0.3) is 21.6 Å². The molecular weight excluding hydrogens is 836 g/mol. The normalized spacial score (nSPS) is 13.7. The fraction of sp³-hybridized carbons (Fsp3) is 0.200. The van der Waals surface area contributed by atoms with Crippen LogP contribution in [-0.2, 0) is 16.6 Å². The number of amides is 1. The van der Waals surface area contributed by atoms with Crippen LogP contribution in [0.3, 0.4) is 0 Å². The number of pyridine rings is 1. The number of carbonyl (C=O) groups excluding carboxylic acids is 1. The van der Waals surface area contributed by atoms with Crippen molar-refractivity contribution in [2.45, 2.75) is 33.7 Å². The molecule has 0 radical (unpaired) electrons. The Kier molecular flexibility index (Phi) is 14.4. The van der Waals surface area contributed by atoms with Crippen molar-refractivity contribution in [3.63, 3.8) is 0 Å². The van der Waals surface area contributed by atoms with E-state index < -0.39 is 26.5 Å². The van der Waals surface area contributed by atoms with Gasteiger partial charge in [0.2, 0.25) is 0 Å². The predicted octanol–water partition coefficient (Wildman–Crippen LogP) is 9.51. The van der Waals surface area contributed by atoms with Crippen molar-refractivity contribution in [1.82, 2.24) is 14.6 Å². The van der Waals surface area contributed by atoms with Gasteiger partial charge < -0.3 is 10.2 Å². The first-order valence-corrected chi connectivity index (χ1v) is 23.2. The molecule has 0 aliphatic carbocycles. The van der Waals surface area contributed by atoms with Crippen LogP contribution in [0, 0.1) is 10.1 Å². The SMILES string of the molecule is O=C(NS(=O)(=O)c1ccc(N[C@H](CCSc2ccncc2)CSc2ccccc2)c([N+](=O)[O-])c1)c1ccc(N2CCN(Cc3ccccc3-c3ccc(Cl)cc3)CC2)cc1. The highest BCUT2D eigenvalue weighted by Crippen LogP contribution is 2.32. The zero-order chi connectivity index (χ0) is 41.9. The molecule has 2 N–H and O–H groups in total. The smallest absolute Gasteiger partial charge is 0.293 e. The molecule has 1 amide bonds. The molecule has 308 valence electrons. The first kappa shape index (κ1) is 42.7. The predicted molar refractivity (Wildman–Crippen MR) is 243 cm³/mol. The van der Waals surface area contributed by atoms with Crippen LogP contribution in [0.5, 0.6) is 0 Å². The van der Waals surface area contributed by atoms with Crippen LogP contribution in [0.4, 0.5) is 17.1 Å². The number of carbonyl (C=O) groups is 1. The van der Waals surface area contributed by atoms with E-state index in [1.807, 2.05) is 72.8 Å². The van der Waals surface area contributed by atoms with E-state index in [1.165, 1.54) is 23.3 Å².